The summed E-state index contributed by atoms with van der Waals surface area (Å²) in [6.45, 7) is 3.99. The number of carbonyl (C=O) groups excluding carboxylic acids is 1. The number of amides is 1. The van der Waals surface area contributed by atoms with Gasteiger partial charge in [-0.2, -0.15) is 0 Å². The average Bonchev–Trinajstić information content (AvgIpc) is 2.64. The van der Waals surface area contributed by atoms with Gasteiger partial charge in [-0.3, -0.25) is 4.79 Å². The number of carbonyl (C=O) groups is 1. The molecule has 0 unspecified atom stereocenters. The minimum atomic E-state index is -0.268. The van der Waals surface area contributed by atoms with Crippen LogP contribution in [0.4, 0.5) is 23.0 Å². The van der Waals surface area contributed by atoms with Gasteiger partial charge >= 0.3 is 0 Å². The number of rotatable bonds is 5. The molecule has 27 heavy (non-hydrogen) atoms. The van der Waals surface area contributed by atoms with Crippen molar-refractivity contribution in [3.05, 3.63) is 71.5 Å². The van der Waals surface area contributed by atoms with E-state index in [-0.39, 0.29) is 5.91 Å². The van der Waals surface area contributed by atoms with Crippen LogP contribution in [0.5, 0.6) is 0 Å². The Morgan fingerprint density at radius 2 is 1.74 bits per heavy atom. The zero-order chi connectivity index (χ0) is 19.4. The molecule has 138 valence electrons. The molecule has 0 saturated carbocycles. The van der Waals surface area contributed by atoms with E-state index in [2.05, 4.69) is 20.6 Å². The number of nitrogens with one attached hydrogen (secondary N) is 2. The molecule has 3 rings (SSSR count). The summed E-state index contributed by atoms with van der Waals surface area (Å²) in [5, 5.41) is 6.03. The molecule has 0 aliphatic carbocycles. The lowest BCUT2D eigenvalue weighted by Crippen LogP contribution is -2.15. The highest BCUT2D eigenvalue weighted by molar-refractivity contribution is 6.03. The van der Waals surface area contributed by atoms with Crippen LogP contribution in [-0.4, -0.2) is 30.0 Å². The van der Waals surface area contributed by atoms with Crippen LogP contribution in [0.1, 0.15) is 21.6 Å². The van der Waals surface area contributed by atoms with Gasteiger partial charge in [-0.15, -0.1) is 0 Å². The molecular formula is C21H23N5O. The number of anilines is 4. The maximum atomic E-state index is 12.5. The first-order chi connectivity index (χ1) is 12.9. The molecule has 0 spiro atoms. The average molecular weight is 361 g/mol. The maximum absolute atomic E-state index is 12.5. The molecule has 0 radical (unpaired) electrons. The monoisotopic (exact) mass is 361 g/mol. The summed E-state index contributed by atoms with van der Waals surface area (Å²) in [5.74, 6) is 0.108. The van der Waals surface area contributed by atoms with Crippen LogP contribution >= 0.6 is 0 Å². The van der Waals surface area contributed by atoms with Gasteiger partial charge in [-0.25, -0.2) is 9.97 Å². The summed E-state index contributed by atoms with van der Waals surface area (Å²) in [4.78, 5) is 23.1. The van der Waals surface area contributed by atoms with Gasteiger partial charge in [0.05, 0.1) is 0 Å². The molecule has 0 aliphatic heterocycles. The van der Waals surface area contributed by atoms with Gasteiger partial charge in [-0.1, -0.05) is 17.7 Å². The SMILES string of the molecule is Cc1ccc(NC(=O)c2ccnc(Nc3ccc(N(C)C)cc3)n2)c(C)c1. The minimum absolute atomic E-state index is 0.268. The number of hydrogen-bond donors (Lipinski definition) is 2. The second-order valence-corrected chi connectivity index (χ2v) is 6.60. The lowest BCUT2D eigenvalue weighted by molar-refractivity contribution is 0.102. The lowest BCUT2D eigenvalue weighted by atomic mass is 10.1. The van der Waals surface area contributed by atoms with Gasteiger partial charge in [0, 0.05) is 37.4 Å². The highest BCUT2D eigenvalue weighted by atomic mass is 16.1. The van der Waals surface area contributed by atoms with E-state index in [0.29, 0.717) is 11.6 Å². The summed E-state index contributed by atoms with van der Waals surface area (Å²) < 4.78 is 0. The van der Waals surface area contributed by atoms with Crippen LogP contribution in [0, 0.1) is 13.8 Å². The van der Waals surface area contributed by atoms with E-state index in [4.69, 9.17) is 0 Å². The molecule has 0 aliphatic rings. The molecule has 1 aromatic heterocycles. The maximum Gasteiger partial charge on any atom is 0.274 e. The minimum Gasteiger partial charge on any atom is -0.378 e. The Labute approximate surface area is 159 Å². The Morgan fingerprint density at radius 3 is 2.41 bits per heavy atom. The van der Waals surface area contributed by atoms with Crippen molar-refractivity contribution in [2.24, 2.45) is 0 Å². The number of aromatic nitrogens is 2. The van der Waals surface area contributed by atoms with Gasteiger partial charge in [0.2, 0.25) is 5.95 Å². The number of aryl methyl sites for hydroxylation is 2. The second-order valence-electron chi connectivity index (χ2n) is 6.60. The molecule has 0 saturated heterocycles. The fraction of sp³-hybridized carbons (Fsp3) is 0.190. The van der Waals surface area contributed by atoms with E-state index in [1.54, 1.807) is 12.3 Å². The molecule has 6 heteroatoms. The third kappa shape index (κ3) is 4.61. The zero-order valence-corrected chi connectivity index (χ0v) is 15.9. The second kappa shape index (κ2) is 7.86. The lowest BCUT2D eigenvalue weighted by Gasteiger charge is -2.13. The predicted octanol–water partition coefficient (Wildman–Crippen LogP) is 4.16. The quantitative estimate of drug-likeness (QED) is 0.714. The number of hydrogen-bond acceptors (Lipinski definition) is 5. The zero-order valence-electron chi connectivity index (χ0n) is 15.9. The van der Waals surface area contributed by atoms with Crippen LogP contribution in [-0.2, 0) is 0 Å². The molecule has 0 fully saturated rings. The van der Waals surface area contributed by atoms with Crippen LogP contribution in [0.2, 0.25) is 0 Å². The van der Waals surface area contributed by atoms with Crippen LogP contribution in [0.3, 0.4) is 0 Å². The topological polar surface area (TPSA) is 70.2 Å². The van der Waals surface area contributed by atoms with E-state index < -0.39 is 0 Å². The fourth-order valence-corrected chi connectivity index (χ4v) is 2.66. The highest BCUT2D eigenvalue weighted by Crippen LogP contribution is 2.19. The van der Waals surface area contributed by atoms with Crippen molar-refractivity contribution in [2.45, 2.75) is 13.8 Å². The summed E-state index contributed by atoms with van der Waals surface area (Å²) in [7, 11) is 3.98. The van der Waals surface area contributed by atoms with E-state index in [1.165, 1.54) is 0 Å². The van der Waals surface area contributed by atoms with Gasteiger partial charge in [0.1, 0.15) is 5.69 Å². The van der Waals surface area contributed by atoms with Crippen molar-refractivity contribution in [2.75, 3.05) is 29.6 Å². The first-order valence-electron chi connectivity index (χ1n) is 8.68. The number of benzene rings is 2. The van der Waals surface area contributed by atoms with Gasteiger partial charge in [0.25, 0.3) is 5.91 Å². The third-order valence-electron chi connectivity index (χ3n) is 4.16. The van der Waals surface area contributed by atoms with Crippen molar-refractivity contribution in [1.82, 2.24) is 9.97 Å². The summed E-state index contributed by atoms with van der Waals surface area (Å²) >= 11 is 0. The van der Waals surface area contributed by atoms with Crippen molar-refractivity contribution in [3.63, 3.8) is 0 Å². The normalized spacial score (nSPS) is 10.4. The van der Waals surface area contributed by atoms with Gasteiger partial charge in [0.15, 0.2) is 0 Å². The van der Waals surface area contributed by atoms with E-state index in [0.717, 1.165) is 28.2 Å². The van der Waals surface area contributed by atoms with Crippen molar-refractivity contribution >= 4 is 28.9 Å². The molecule has 0 atom stereocenters. The van der Waals surface area contributed by atoms with Crippen LogP contribution in [0.25, 0.3) is 0 Å². The Balaban J connectivity index is 1.73. The third-order valence-corrected chi connectivity index (χ3v) is 4.16. The largest absolute Gasteiger partial charge is 0.378 e. The van der Waals surface area contributed by atoms with Crippen LogP contribution in [0.15, 0.2) is 54.7 Å². The summed E-state index contributed by atoms with van der Waals surface area (Å²) in [6.07, 6.45) is 1.57. The Hall–Kier alpha value is -3.41. The van der Waals surface area contributed by atoms with Crippen molar-refractivity contribution in [1.29, 1.82) is 0 Å². The fourth-order valence-electron chi connectivity index (χ4n) is 2.66. The molecular weight excluding hydrogens is 338 g/mol. The highest BCUT2D eigenvalue weighted by Gasteiger charge is 2.11. The summed E-state index contributed by atoms with van der Waals surface area (Å²) in [6, 6.07) is 15.4. The van der Waals surface area contributed by atoms with Crippen molar-refractivity contribution < 1.29 is 4.79 Å². The first kappa shape index (κ1) is 18.4. The van der Waals surface area contributed by atoms with Gasteiger partial charge < -0.3 is 15.5 Å². The Kier molecular flexibility index (Phi) is 5.35. The molecule has 0 bridgehead atoms. The molecule has 1 amide bonds. The first-order valence-corrected chi connectivity index (χ1v) is 8.68. The van der Waals surface area contributed by atoms with Crippen molar-refractivity contribution in [3.8, 4) is 0 Å². The Morgan fingerprint density at radius 1 is 1.00 bits per heavy atom. The van der Waals surface area contributed by atoms with E-state index >= 15 is 0 Å². The molecule has 6 nitrogen and oxygen atoms in total. The standard InChI is InChI=1S/C21H23N5O/c1-14-5-10-18(15(2)13-14)24-20(27)19-11-12-22-21(25-19)23-16-6-8-17(9-7-16)26(3)4/h5-13H,1-4H3,(H,24,27)(H,22,23,25). The van der Waals surface area contributed by atoms with E-state index in [9.17, 15) is 4.79 Å². The van der Waals surface area contributed by atoms with Gasteiger partial charge in [-0.05, 0) is 55.8 Å². The molecule has 3 aromatic rings. The van der Waals surface area contributed by atoms with E-state index in [1.807, 2.05) is 75.3 Å². The summed E-state index contributed by atoms with van der Waals surface area (Å²) in [5.41, 5.74) is 5.20. The van der Waals surface area contributed by atoms with Crippen LogP contribution < -0.4 is 15.5 Å². The molecule has 2 aromatic carbocycles. The Bertz CT molecular complexity index is 951. The molecule has 1 heterocycles. The smallest absolute Gasteiger partial charge is 0.274 e. The number of nitrogens with zero attached hydrogens (tertiary/aromatic N) is 3. The predicted molar refractivity (Wildman–Crippen MR) is 110 cm³/mol. The molecule has 2 N–H and O–H groups in total.